The van der Waals surface area contributed by atoms with Crippen LogP contribution in [0.2, 0.25) is 0 Å². The molecule has 2 amide bonds. The third-order valence-corrected chi connectivity index (χ3v) is 2.28. The molecule has 0 fully saturated rings. The Morgan fingerprint density at radius 3 is 2.26 bits per heavy atom. The Bertz CT molecular complexity index is 321. The number of hydrogen-bond donors (Lipinski definition) is 2. The molecule has 0 heterocycles. The molecular weight excluding hydrogens is 248 g/mol. The van der Waals surface area contributed by atoms with Crippen molar-refractivity contribution in [2.24, 2.45) is 5.41 Å². The molecule has 19 heavy (non-hydrogen) atoms. The van der Waals surface area contributed by atoms with Gasteiger partial charge in [0.2, 0.25) is 11.8 Å². The lowest BCUT2D eigenvalue weighted by Crippen LogP contribution is -2.36. The molecule has 2 N–H and O–H groups in total. The summed E-state index contributed by atoms with van der Waals surface area (Å²) in [6, 6.07) is 0. The van der Waals surface area contributed by atoms with Crippen molar-refractivity contribution in [3.8, 4) is 0 Å². The molecule has 6 heteroatoms. The number of hydrogen-bond acceptors (Lipinski definition) is 4. The van der Waals surface area contributed by atoms with E-state index in [2.05, 4.69) is 15.4 Å². The molecule has 0 atom stereocenters. The van der Waals surface area contributed by atoms with Crippen LogP contribution in [0, 0.1) is 5.41 Å². The van der Waals surface area contributed by atoms with Crippen molar-refractivity contribution in [2.45, 2.75) is 40.5 Å². The quantitative estimate of drug-likeness (QED) is 0.525. The first-order chi connectivity index (χ1) is 8.77. The summed E-state index contributed by atoms with van der Waals surface area (Å²) in [6.45, 7) is 7.83. The lowest BCUT2D eigenvalue weighted by atomic mass is 9.96. The van der Waals surface area contributed by atoms with Crippen molar-refractivity contribution >= 4 is 17.8 Å². The van der Waals surface area contributed by atoms with E-state index >= 15 is 0 Å². The zero-order valence-corrected chi connectivity index (χ0v) is 12.2. The topological polar surface area (TPSA) is 84.5 Å². The van der Waals surface area contributed by atoms with E-state index in [-0.39, 0.29) is 24.8 Å². The summed E-state index contributed by atoms with van der Waals surface area (Å²) < 4.78 is 4.68. The van der Waals surface area contributed by atoms with Crippen LogP contribution >= 0.6 is 0 Å². The molecule has 0 aromatic heterocycles. The average molecular weight is 272 g/mol. The number of amides is 2. The number of ether oxygens (including phenoxy) is 1. The van der Waals surface area contributed by atoms with Crippen LogP contribution in [-0.4, -0.2) is 37.5 Å². The third kappa shape index (κ3) is 9.04. The molecule has 0 aliphatic carbocycles. The van der Waals surface area contributed by atoms with Crippen molar-refractivity contribution in [2.75, 3.05) is 19.7 Å². The molecule has 0 rings (SSSR count). The molecule has 0 aliphatic heterocycles. The highest BCUT2D eigenvalue weighted by molar-refractivity contribution is 5.82. The van der Waals surface area contributed by atoms with Crippen LogP contribution in [0.3, 0.4) is 0 Å². The molecule has 0 aromatic carbocycles. The summed E-state index contributed by atoms with van der Waals surface area (Å²) in [4.78, 5) is 33.9. The van der Waals surface area contributed by atoms with Crippen LogP contribution in [0.25, 0.3) is 0 Å². The van der Waals surface area contributed by atoms with Gasteiger partial charge in [0.1, 0.15) is 6.54 Å². The zero-order chi connectivity index (χ0) is 14.9. The minimum Gasteiger partial charge on any atom is -0.465 e. The van der Waals surface area contributed by atoms with Crippen LogP contribution < -0.4 is 10.6 Å². The number of esters is 1. The maximum atomic E-state index is 11.5. The predicted molar refractivity (Wildman–Crippen MR) is 71.3 cm³/mol. The lowest BCUT2D eigenvalue weighted by Gasteiger charge is -2.17. The summed E-state index contributed by atoms with van der Waals surface area (Å²) in [7, 11) is 0. The van der Waals surface area contributed by atoms with E-state index in [1.807, 2.05) is 20.8 Å². The fourth-order valence-corrected chi connectivity index (χ4v) is 1.19. The van der Waals surface area contributed by atoms with Gasteiger partial charge in [0, 0.05) is 18.4 Å². The van der Waals surface area contributed by atoms with E-state index in [1.54, 1.807) is 6.92 Å². The van der Waals surface area contributed by atoms with E-state index in [9.17, 15) is 14.4 Å². The minimum atomic E-state index is -0.447. The largest absolute Gasteiger partial charge is 0.465 e. The maximum absolute atomic E-state index is 11.5. The molecule has 0 saturated heterocycles. The van der Waals surface area contributed by atoms with Crippen LogP contribution in [0.15, 0.2) is 0 Å². The van der Waals surface area contributed by atoms with Gasteiger partial charge in [0.25, 0.3) is 0 Å². The fourth-order valence-electron chi connectivity index (χ4n) is 1.19. The predicted octanol–water partition coefficient (Wildman–Crippen LogP) is 0.608. The van der Waals surface area contributed by atoms with Gasteiger partial charge < -0.3 is 15.4 Å². The van der Waals surface area contributed by atoms with Gasteiger partial charge in [-0.25, -0.2) is 0 Å². The molecule has 110 valence electrons. The summed E-state index contributed by atoms with van der Waals surface area (Å²) in [5.74, 6) is -0.714. The number of carbonyl (C=O) groups is 3. The first-order valence-corrected chi connectivity index (χ1v) is 6.48. The Morgan fingerprint density at radius 2 is 1.74 bits per heavy atom. The molecule has 0 bridgehead atoms. The number of carbonyl (C=O) groups excluding carboxylic acids is 3. The maximum Gasteiger partial charge on any atom is 0.325 e. The second-order valence-electron chi connectivity index (χ2n) is 5.19. The van der Waals surface area contributed by atoms with Crippen LogP contribution in [-0.2, 0) is 19.1 Å². The van der Waals surface area contributed by atoms with Gasteiger partial charge in [-0.3, -0.25) is 14.4 Å². The summed E-state index contributed by atoms with van der Waals surface area (Å²) in [6.07, 6.45) is 0.806. The van der Waals surface area contributed by atoms with Gasteiger partial charge in [-0.2, -0.15) is 0 Å². The normalized spacial score (nSPS) is 10.7. The van der Waals surface area contributed by atoms with E-state index in [1.165, 1.54) is 0 Å². The Morgan fingerprint density at radius 1 is 1.11 bits per heavy atom. The van der Waals surface area contributed by atoms with Crippen LogP contribution in [0.5, 0.6) is 0 Å². The molecule has 6 nitrogen and oxygen atoms in total. The second kappa shape index (κ2) is 8.50. The molecule has 0 aliphatic rings. The van der Waals surface area contributed by atoms with Gasteiger partial charge in [-0.1, -0.05) is 20.8 Å². The lowest BCUT2D eigenvalue weighted by molar-refractivity contribution is -0.143. The standard InChI is InChI=1S/C13H24N2O4/c1-5-19-11(17)9-15-10(16)7-6-8-14-12(18)13(2,3)4/h5-9H2,1-4H3,(H,14,18)(H,15,16). The van der Waals surface area contributed by atoms with E-state index in [0.717, 1.165) is 0 Å². The van der Waals surface area contributed by atoms with E-state index in [0.29, 0.717) is 19.6 Å². The molecule has 0 spiro atoms. The second-order valence-corrected chi connectivity index (χ2v) is 5.19. The average Bonchev–Trinajstić information content (AvgIpc) is 2.31. The van der Waals surface area contributed by atoms with Crippen LogP contribution in [0.1, 0.15) is 40.5 Å². The van der Waals surface area contributed by atoms with Crippen molar-refractivity contribution in [1.82, 2.24) is 10.6 Å². The highest BCUT2D eigenvalue weighted by atomic mass is 16.5. The molecule has 0 saturated carbocycles. The zero-order valence-electron chi connectivity index (χ0n) is 12.2. The van der Waals surface area contributed by atoms with Gasteiger partial charge in [-0.05, 0) is 13.3 Å². The van der Waals surface area contributed by atoms with Crippen LogP contribution in [0.4, 0.5) is 0 Å². The summed E-state index contributed by atoms with van der Waals surface area (Å²) in [5.41, 5.74) is -0.424. The highest BCUT2D eigenvalue weighted by Gasteiger charge is 2.20. The van der Waals surface area contributed by atoms with E-state index in [4.69, 9.17) is 0 Å². The fraction of sp³-hybridized carbons (Fsp3) is 0.769. The van der Waals surface area contributed by atoms with Gasteiger partial charge >= 0.3 is 5.97 Å². The van der Waals surface area contributed by atoms with Gasteiger partial charge in [0.15, 0.2) is 0 Å². The summed E-state index contributed by atoms with van der Waals surface area (Å²) in [5, 5.41) is 5.21. The minimum absolute atomic E-state index is 0.0422. The SMILES string of the molecule is CCOC(=O)CNC(=O)CCCNC(=O)C(C)(C)C. The first kappa shape index (κ1) is 17.4. The first-order valence-electron chi connectivity index (χ1n) is 6.48. The Balaban J connectivity index is 3.65. The molecular formula is C13H24N2O4. The van der Waals surface area contributed by atoms with Crippen molar-refractivity contribution < 1.29 is 19.1 Å². The van der Waals surface area contributed by atoms with Crippen molar-refractivity contribution in [3.05, 3.63) is 0 Å². The van der Waals surface area contributed by atoms with Crippen molar-refractivity contribution in [3.63, 3.8) is 0 Å². The van der Waals surface area contributed by atoms with Gasteiger partial charge in [0.05, 0.1) is 6.61 Å². The monoisotopic (exact) mass is 272 g/mol. The molecule has 0 aromatic rings. The summed E-state index contributed by atoms with van der Waals surface area (Å²) >= 11 is 0. The van der Waals surface area contributed by atoms with Crippen molar-refractivity contribution in [1.29, 1.82) is 0 Å². The molecule has 0 radical (unpaired) electrons. The van der Waals surface area contributed by atoms with Gasteiger partial charge in [-0.15, -0.1) is 0 Å². The molecule has 0 unspecified atom stereocenters. The highest BCUT2D eigenvalue weighted by Crippen LogP contribution is 2.12. The smallest absolute Gasteiger partial charge is 0.325 e. The Labute approximate surface area is 114 Å². The Hall–Kier alpha value is -1.59. The number of nitrogens with one attached hydrogen (secondary N) is 2. The Kier molecular flexibility index (Phi) is 7.79. The third-order valence-electron chi connectivity index (χ3n) is 2.28. The number of rotatable bonds is 7. The van der Waals surface area contributed by atoms with E-state index < -0.39 is 11.4 Å².